The van der Waals surface area contributed by atoms with Crippen LogP contribution in [-0.2, 0) is 11.8 Å². The van der Waals surface area contributed by atoms with Crippen molar-refractivity contribution >= 4 is 22.7 Å². The average Bonchev–Trinajstić information content (AvgIpc) is 2.60. The number of fused-ring (bicyclic) bond motifs is 1. The summed E-state index contributed by atoms with van der Waals surface area (Å²) in [6, 6.07) is 5.85. The maximum Gasteiger partial charge on any atom is 0.303 e. The summed E-state index contributed by atoms with van der Waals surface area (Å²) in [6.45, 7) is 3.90. The highest BCUT2D eigenvalue weighted by atomic mass is 16.4. The molecule has 100 valence electrons. The Bertz CT molecular complexity index is 668. The summed E-state index contributed by atoms with van der Waals surface area (Å²) >= 11 is 0. The molecule has 1 heterocycles. The van der Waals surface area contributed by atoms with Crippen molar-refractivity contribution < 1.29 is 14.7 Å². The molecule has 0 radical (unpaired) electrons. The molecule has 0 aliphatic rings. The van der Waals surface area contributed by atoms with Gasteiger partial charge >= 0.3 is 5.97 Å². The largest absolute Gasteiger partial charge is 0.481 e. The fraction of sp³-hybridized carbons (Fsp3) is 0.333. The normalized spacial score (nSPS) is 10.9. The zero-order valence-corrected chi connectivity index (χ0v) is 11.4. The van der Waals surface area contributed by atoms with Crippen LogP contribution in [0.1, 0.15) is 34.5 Å². The highest BCUT2D eigenvalue weighted by Crippen LogP contribution is 2.28. The van der Waals surface area contributed by atoms with Crippen molar-refractivity contribution in [3.8, 4) is 0 Å². The molecule has 0 saturated carbocycles. The van der Waals surface area contributed by atoms with Gasteiger partial charge in [0, 0.05) is 30.1 Å². The van der Waals surface area contributed by atoms with Crippen LogP contribution in [0.3, 0.4) is 0 Å². The molecular formula is C15H17NO3. The molecule has 19 heavy (non-hydrogen) atoms. The summed E-state index contributed by atoms with van der Waals surface area (Å²) in [5.41, 5.74) is 3.70. The second kappa shape index (κ2) is 4.88. The smallest absolute Gasteiger partial charge is 0.303 e. The Morgan fingerprint density at radius 1 is 1.21 bits per heavy atom. The fourth-order valence-electron chi connectivity index (χ4n) is 2.53. The van der Waals surface area contributed by atoms with Crippen molar-refractivity contribution in [2.24, 2.45) is 7.05 Å². The molecule has 2 rings (SSSR count). The minimum Gasteiger partial charge on any atom is -0.481 e. The van der Waals surface area contributed by atoms with Crippen molar-refractivity contribution in [3.63, 3.8) is 0 Å². The predicted molar refractivity (Wildman–Crippen MR) is 73.6 cm³/mol. The first-order valence-corrected chi connectivity index (χ1v) is 6.23. The Kier molecular flexibility index (Phi) is 3.42. The maximum absolute atomic E-state index is 12.2. The highest BCUT2D eigenvalue weighted by molar-refractivity contribution is 6.10. The number of aliphatic carboxylic acids is 1. The lowest BCUT2D eigenvalue weighted by molar-refractivity contribution is -0.136. The van der Waals surface area contributed by atoms with E-state index in [2.05, 4.69) is 0 Å². The van der Waals surface area contributed by atoms with Gasteiger partial charge in [-0.3, -0.25) is 9.59 Å². The first-order valence-electron chi connectivity index (χ1n) is 6.23. The molecule has 1 N–H and O–H groups in total. The first-order chi connectivity index (χ1) is 8.93. The lowest BCUT2D eigenvalue weighted by Gasteiger charge is -2.01. The van der Waals surface area contributed by atoms with Gasteiger partial charge in [0.15, 0.2) is 5.78 Å². The summed E-state index contributed by atoms with van der Waals surface area (Å²) in [5.74, 6) is -1.04. The van der Waals surface area contributed by atoms with E-state index in [0.29, 0.717) is 5.56 Å². The molecule has 0 aliphatic heterocycles. The number of nitrogens with zero attached hydrogens (tertiary/aromatic N) is 1. The van der Waals surface area contributed by atoms with Crippen LogP contribution in [0.5, 0.6) is 0 Å². The third-order valence-corrected chi connectivity index (χ3v) is 3.55. The van der Waals surface area contributed by atoms with Crippen molar-refractivity contribution in [3.05, 3.63) is 35.0 Å². The van der Waals surface area contributed by atoms with Crippen LogP contribution in [0.15, 0.2) is 18.2 Å². The van der Waals surface area contributed by atoms with Crippen LogP contribution in [0.4, 0.5) is 0 Å². The summed E-state index contributed by atoms with van der Waals surface area (Å²) in [4.78, 5) is 22.8. The Labute approximate surface area is 111 Å². The van der Waals surface area contributed by atoms with Gasteiger partial charge in [-0.2, -0.15) is 0 Å². The quantitative estimate of drug-likeness (QED) is 0.859. The lowest BCUT2D eigenvalue weighted by atomic mass is 10.0. The van der Waals surface area contributed by atoms with E-state index in [9.17, 15) is 9.59 Å². The molecule has 2 aromatic rings. The van der Waals surface area contributed by atoms with E-state index in [1.165, 1.54) is 0 Å². The third-order valence-electron chi connectivity index (χ3n) is 3.55. The summed E-state index contributed by atoms with van der Waals surface area (Å²) in [5, 5.41) is 9.60. The topological polar surface area (TPSA) is 59.3 Å². The molecular weight excluding hydrogens is 242 g/mol. The van der Waals surface area contributed by atoms with Crippen LogP contribution in [-0.4, -0.2) is 21.4 Å². The zero-order chi connectivity index (χ0) is 14.2. The van der Waals surface area contributed by atoms with Crippen molar-refractivity contribution in [2.45, 2.75) is 26.7 Å². The number of hydrogen-bond acceptors (Lipinski definition) is 2. The number of Topliss-reactive ketones (excluding diaryl/α,β-unsaturated/α-hetero) is 1. The second-order valence-corrected chi connectivity index (χ2v) is 4.81. The predicted octanol–water partition coefficient (Wildman–Crippen LogP) is 2.84. The number of carboxylic acids is 1. The van der Waals surface area contributed by atoms with Crippen molar-refractivity contribution in [1.82, 2.24) is 4.57 Å². The number of hydrogen-bond donors (Lipinski definition) is 1. The molecule has 0 aliphatic carbocycles. The molecule has 4 heteroatoms. The molecule has 4 nitrogen and oxygen atoms in total. The Hall–Kier alpha value is -2.10. The highest BCUT2D eigenvalue weighted by Gasteiger charge is 2.19. The number of ketones is 1. The zero-order valence-electron chi connectivity index (χ0n) is 11.4. The van der Waals surface area contributed by atoms with Gasteiger partial charge in [-0.1, -0.05) is 18.2 Å². The van der Waals surface area contributed by atoms with Gasteiger partial charge in [0.05, 0.1) is 11.9 Å². The van der Waals surface area contributed by atoms with Crippen LogP contribution in [0.25, 0.3) is 10.9 Å². The number of carbonyl (C=O) groups excluding carboxylic acids is 1. The van der Waals surface area contributed by atoms with Gasteiger partial charge in [0.2, 0.25) is 0 Å². The van der Waals surface area contributed by atoms with Crippen LogP contribution < -0.4 is 0 Å². The minimum absolute atomic E-state index is 0.0449. The van der Waals surface area contributed by atoms with Gasteiger partial charge in [-0.05, 0) is 19.4 Å². The molecule has 0 amide bonds. The Morgan fingerprint density at radius 3 is 2.53 bits per heavy atom. The number of aromatic nitrogens is 1. The standard InChI is InChI=1S/C15H17NO3/c1-9-5-4-6-11-14(10(2)16(3)15(9)11)12(17)7-8-13(18)19/h4-6H,7-8H2,1-3H3,(H,18,19). The number of carboxylic acid groups (broad SMARTS) is 1. The summed E-state index contributed by atoms with van der Waals surface area (Å²) in [7, 11) is 1.93. The molecule has 0 saturated heterocycles. The van der Waals surface area contributed by atoms with E-state index in [4.69, 9.17) is 5.11 Å². The molecule has 0 bridgehead atoms. The lowest BCUT2D eigenvalue weighted by Crippen LogP contribution is -2.05. The molecule has 0 atom stereocenters. The number of para-hydroxylation sites is 1. The van der Waals surface area contributed by atoms with E-state index in [0.717, 1.165) is 22.2 Å². The second-order valence-electron chi connectivity index (χ2n) is 4.81. The van der Waals surface area contributed by atoms with Gasteiger partial charge in [0.25, 0.3) is 0 Å². The number of aryl methyl sites for hydroxylation is 2. The molecule has 1 aromatic carbocycles. The third kappa shape index (κ3) is 2.26. The average molecular weight is 259 g/mol. The van der Waals surface area contributed by atoms with Gasteiger partial charge in [-0.25, -0.2) is 0 Å². The summed E-state index contributed by atoms with van der Waals surface area (Å²) in [6.07, 6.45) is -0.0797. The number of rotatable bonds is 4. The fourth-order valence-corrected chi connectivity index (χ4v) is 2.53. The molecule has 0 fully saturated rings. The summed E-state index contributed by atoms with van der Waals surface area (Å²) < 4.78 is 2.00. The van der Waals surface area contributed by atoms with E-state index in [1.807, 2.05) is 43.7 Å². The van der Waals surface area contributed by atoms with E-state index in [-0.39, 0.29) is 18.6 Å². The molecule has 1 aromatic heterocycles. The monoisotopic (exact) mass is 259 g/mol. The Balaban J connectivity index is 2.55. The van der Waals surface area contributed by atoms with Gasteiger partial charge in [0.1, 0.15) is 0 Å². The minimum atomic E-state index is -0.942. The number of benzene rings is 1. The Morgan fingerprint density at radius 2 is 1.89 bits per heavy atom. The van der Waals surface area contributed by atoms with Gasteiger partial charge in [-0.15, -0.1) is 0 Å². The van der Waals surface area contributed by atoms with E-state index >= 15 is 0 Å². The van der Waals surface area contributed by atoms with E-state index in [1.54, 1.807) is 0 Å². The number of carbonyl (C=O) groups is 2. The van der Waals surface area contributed by atoms with Crippen molar-refractivity contribution in [1.29, 1.82) is 0 Å². The van der Waals surface area contributed by atoms with Crippen LogP contribution >= 0.6 is 0 Å². The van der Waals surface area contributed by atoms with Crippen LogP contribution in [0.2, 0.25) is 0 Å². The van der Waals surface area contributed by atoms with Crippen molar-refractivity contribution in [2.75, 3.05) is 0 Å². The molecule has 0 spiro atoms. The maximum atomic E-state index is 12.2. The first kappa shape index (κ1) is 13.3. The van der Waals surface area contributed by atoms with E-state index < -0.39 is 5.97 Å². The van der Waals surface area contributed by atoms with Gasteiger partial charge < -0.3 is 9.67 Å². The molecule has 0 unspecified atom stereocenters. The SMILES string of the molecule is Cc1cccc2c(C(=O)CCC(=O)O)c(C)n(C)c12. The van der Waals surface area contributed by atoms with Crippen LogP contribution in [0, 0.1) is 13.8 Å².